The van der Waals surface area contributed by atoms with Gasteiger partial charge in [0.15, 0.2) is 0 Å². The Morgan fingerprint density at radius 2 is 2.55 bits per heavy atom. The lowest BCUT2D eigenvalue weighted by Crippen LogP contribution is -2.27. The lowest BCUT2D eigenvalue weighted by molar-refractivity contribution is 0.182. The molecule has 1 aliphatic heterocycles. The van der Waals surface area contributed by atoms with Crippen molar-refractivity contribution in [3.05, 3.63) is 10.4 Å². The van der Waals surface area contributed by atoms with Gasteiger partial charge in [-0.2, -0.15) is 0 Å². The maximum atomic E-state index is 8.85. The van der Waals surface area contributed by atoms with Gasteiger partial charge in [-0.05, 0) is 19.0 Å². The van der Waals surface area contributed by atoms with E-state index in [9.17, 15) is 0 Å². The van der Waals surface area contributed by atoms with Gasteiger partial charge in [-0.15, -0.1) is 0 Å². The molecule has 0 amide bonds. The molecule has 0 aromatic rings. The molecule has 0 aromatic carbocycles. The SMILES string of the molecule is CN1CC(N=[N+]=[N-])CC1CO. The molecular formula is C6H12N4O. The predicted molar refractivity (Wildman–Crippen MR) is 41.1 cm³/mol. The molecule has 2 atom stereocenters. The molecule has 11 heavy (non-hydrogen) atoms. The van der Waals surface area contributed by atoms with Gasteiger partial charge in [-0.3, -0.25) is 0 Å². The van der Waals surface area contributed by atoms with Crippen LogP contribution in [0.4, 0.5) is 0 Å². The molecule has 0 aliphatic carbocycles. The molecule has 5 heteroatoms. The Hall–Kier alpha value is -0.770. The number of nitrogens with zero attached hydrogens (tertiary/aromatic N) is 4. The predicted octanol–water partition coefficient (Wildman–Crippen LogP) is 0.362. The quantitative estimate of drug-likeness (QED) is 0.356. The van der Waals surface area contributed by atoms with Gasteiger partial charge in [0.2, 0.25) is 0 Å². The molecule has 5 nitrogen and oxygen atoms in total. The first-order valence-corrected chi connectivity index (χ1v) is 3.63. The number of likely N-dealkylation sites (tertiary alicyclic amines) is 1. The maximum absolute atomic E-state index is 8.85. The first-order valence-electron chi connectivity index (χ1n) is 3.63. The number of aliphatic hydroxyl groups is 1. The monoisotopic (exact) mass is 156 g/mol. The third-order valence-corrected chi connectivity index (χ3v) is 2.09. The second kappa shape index (κ2) is 3.57. The van der Waals surface area contributed by atoms with Crippen molar-refractivity contribution in [1.29, 1.82) is 0 Å². The normalized spacial score (nSPS) is 31.8. The molecule has 1 aliphatic rings. The van der Waals surface area contributed by atoms with E-state index in [0.717, 1.165) is 13.0 Å². The molecule has 1 heterocycles. The van der Waals surface area contributed by atoms with Crippen LogP contribution in [-0.2, 0) is 0 Å². The van der Waals surface area contributed by atoms with Gasteiger partial charge < -0.3 is 10.0 Å². The summed E-state index contributed by atoms with van der Waals surface area (Å²) in [6, 6.07) is 0.215. The summed E-state index contributed by atoms with van der Waals surface area (Å²) >= 11 is 0. The van der Waals surface area contributed by atoms with E-state index < -0.39 is 0 Å². The van der Waals surface area contributed by atoms with E-state index in [2.05, 4.69) is 10.0 Å². The van der Waals surface area contributed by atoms with Crippen LogP contribution in [0.3, 0.4) is 0 Å². The summed E-state index contributed by atoms with van der Waals surface area (Å²) in [4.78, 5) is 4.75. The zero-order chi connectivity index (χ0) is 8.27. The first-order chi connectivity index (χ1) is 5.27. The number of rotatable bonds is 2. The number of hydrogen-bond acceptors (Lipinski definition) is 3. The van der Waals surface area contributed by atoms with Crippen molar-refractivity contribution in [2.24, 2.45) is 5.11 Å². The molecule has 0 saturated carbocycles. The molecule has 0 aromatic heterocycles. The maximum Gasteiger partial charge on any atom is 0.0586 e. The fourth-order valence-corrected chi connectivity index (χ4v) is 1.42. The van der Waals surface area contributed by atoms with Gasteiger partial charge in [0.05, 0.1) is 12.6 Å². The number of aliphatic hydroxyl groups excluding tert-OH is 1. The molecule has 0 radical (unpaired) electrons. The van der Waals surface area contributed by atoms with Crippen LogP contribution in [0.25, 0.3) is 10.4 Å². The van der Waals surface area contributed by atoms with Crippen molar-refractivity contribution in [1.82, 2.24) is 4.90 Å². The van der Waals surface area contributed by atoms with Crippen LogP contribution >= 0.6 is 0 Å². The highest BCUT2D eigenvalue weighted by molar-refractivity contribution is 4.87. The Balaban J connectivity index is 2.48. The van der Waals surface area contributed by atoms with Crippen molar-refractivity contribution >= 4 is 0 Å². The van der Waals surface area contributed by atoms with Crippen LogP contribution in [0.15, 0.2) is 5.11 Å². The summed E-state index contributed by atoms with van der Waals surface area (Å²) in [5.41, 5.74) is 8.15. The third-order valence-electron chi connectivity index (χ3n) is 2.09. The minimum Gasteiger partial charge on any atom is -0.395 e. The standard InChI is InChI=1S/C6H12N4O/c1-10-3-5(8-9-7)2-6(10)4-11/h5-6,11H,2-4H2,1H3. The molecule has 1 rings (SSSR count). The summed E-state index contributed by atoms with van der Waals surface area (Å²) in [6.07, 6.45) is 0.775. The molecule has 1 fully saturated rings. The Morgan fingerprint density at radius 1 is 1.82 bits per heavy atom. The number of azide groups is 1. The molecular weight excluding hydrogens is 144 g/mol. The molecule has 0 bridgehead atoms. The van der Waals surface area contributed by atoms with Crippen LogP contribution in [0, 0.1) is 0 Å². The molecule has 2 unspecified atom stereocenters. The lowest BCUT2D eigenvalue weighted by atomic mass is 10.2. The van der Waals surface area contributed by atoms with Crippen LogP contribution in [0.1, 0.15) is 6.42 Å². The summed E-state index contributed by atoms with van der Waals surface area (Å²) in [6.45, 7) is 0.906. The average Bonchev–Trinajstić information content (AvgIpc) is 2.32. The van der Waals surface area contributed by atoms with Crippen LogP contribution in [0.5, 0.6) is 0 Å². The summed E-state index contributed by atoms with van der Waals surface area (Å²) < 4.78 is 0. The highest BCUT2D eigenvalue weighted by Crippen LogP contribution is 2.17. The largest absolute Gasteiger partial charge is 0.395 e. The fourth-order valence-electron chi connectivity index (χ4n) is 1.42. The highest BCUT2D eigenvalue weighted by atomic mass is 16.3. The second-order valence-corrected chi connectivity index (χ2v) is 2.87. The van der Waals surface area contributed by atoms with E-state index in [-0.39, 0.29) is 18.7 Å². The van der Waals surface area contributed by atoms with Crippen LogP contribution in [0.2, 0.25) is 0 Å². The van der Waals surface area contributed by atoms with E-state index in [1.165, 1.54) is 0 Å². The van der Waals surface area contributed by atoms with E-state index >= 15 is 0 Å². The average molecular weight is 156 g/mol. The zero-order valence-electron chi connectivity index (χ0n) is 6.51. The zero-order valence-corrected chi connectivity index (χ0v) is 6.51. The molecule has 1 saturated heterocycles. The van der Waals surface area contributed by atoms with Gasteiger partial charge in [-0.1, -0.05) is 5.11 Å². The van der Waals surface area contributed by atoms with Gasteiger partial charge in [0.25, 0.3) is 0 Å². The van der Waals surface area contributed by atoms with Crippen molar-refractivity contribution in [2.75, 3.05) is 20.2 Å². The topological polar surface area (TPSA) is 72.2 Å². The Labute approximate surface area is 65.2 Å². The van der Waals surface area contributed by atoms with E-state index in [4.69, 9.17) is 10.6 Å². The van der Waals surface area contributed by atoms with Crippen molar-refractivity contribution in [2.45, 2.75) is 18.5 Å². The number of hydrogen-bond donors (Lipinski definition) is 1. The van der Waals surface area contributed by atoms with E-state index in [0.29, 0.717) is 0 Å². The van der Waals surface area contributed by atoms with Crippen molar-refractivity contribution in [3.8, 4) is 0 Å². The van der Waals surface area contributed by atoms with Gasteiger partial charge in [0.1, 0.15) is 0 Å². The molecule has 1 N–H and O–H groups in total. The summed E-state index contributed by atoms with van der Waals surface area (Å²) in [5, 5.41) is 12.4. The summed E-state index contributed by atoms with van der Waals surface area (Å²) in [7, 11) is 1.92. The smallest absolute Gasteiger partial charge is 0.0586 e. The first kappa shape index (κ1) is 8.33. The van der Waals surface area contributed by atoms with Gasteiger partial charge in [0, 0.05) is 17.5 Å². The lowest BCUT2D eigenvalue weighted by Gasteiger charge is -2.15. The molecule has 0 spiro atoms. The fraction of sp³-hybridized carbons (Fsp3) is 1.00. The molecule has 62 valence electrons. The van der Waals surface area contributed by atoms with Crippen molar-refractivity contribution in [3.63, 3.8) is 0 Å². The Kier molecular flexibility index (Phi) is 2.70. The number of likely N-dealkylation sites (N-methyl/N-ethyl adjacent to an activating group) is 1. The minimum absolute atomic E-state index is 0.0437. The van der Waals surface area contributed by atoms with Gasteiger partial charge in [-0.25, -0.2) is 0 Å². The van der Waals surface area contributed by atoms with Crippen molar-refractivity contribution < 1.29 is 5.11 Å². The highest BCUT2D eigenvalue weighted by Gasteiger charge is 2.27. The van der Waals surface area contributed by atoms with E-state index in [1.807, 2.05) is 11.9 Å². The van der Waals surface area contributed by atoms with Gasteiger partial charge >= 0.3 is 0 Å². The van der Waals surface area contributed by atoms with Crippen LogP contribution < -0.4 is 0 Å². The third kappa shape index (κ3) is 1.83. The van der Waals surface area contributed by atoms with E-state index in [1.54, 1.807) is 0 Å². The minimum atomic E-state index is 0.0437. The summed E-state index contributed by atoms with van der Waals surface area (Å²) in [5.74, 6) is 0. The van der Waals surface area contributed by atoms with Crippen LogP contribution in [-0.4, -0.2) is 42.3 Å². The Morgan fingerprint density at radius 3 is 3.00 bits per heavy atom. The second-order valence-electron chi connectivity index (χ2n) is 2.87. The Bertz CT molecular complexity index is 177.